The van der Waals surface area contributed by atoms with Crippen LogP contribution in [0, 0.1) is 0 Å². The Morgan fingerprint density at radius 3 is 2.32 bits per heavy atom. The maximum atomic E-state index is 5.82. The molecule has 3 nitrogen and oxygen atoms in total. The molecule has 2 N–H and O–H groups in total. The van der Waals surface area contributed by atoms with Crippen molar-refractivity contribution in [1.82, 2.24) is 4.90 Å². The van der Waals surface area contributed by atoms with E-state index in [4.69, 9.17) is 22.7 Å². The van der Waals surface area contributed by atoms with Crippen molar-refractivity contribution >= 4 is 17.2 Å². The molecule has 19 heavy (non-hydrogen) atoms. The van der Waals surface area contributed by atoms with E-state index in [9.17, 15) is 0 Å². The minimum atomic E-state index is 0.375. The van der Waals surface area contributed by atoms with Gasteiger partial charge in [0.25, 0.3) is 0 Å². The van der Waals surface area contributed by atoms with Gasteiger partial charge in [0.15, 0.2) is 0 Å². The number of para-hydroxylation sites is 1. The van der Waals surface area contributed by atoms with E-state index in [0.717, 1.165) is 17.9 Å². The quantitative estimate of drug-likeness (QED) is 0.780. The zero-order valence-corrected chi connectivity index (χ0v) is 13.0. The van der Waals surface area contributed by atoms with Crippen molar-refractivity contribution in [2.45, 2.75) is 39.8 Å². The summed E-state index contributed by atoms with van der Waals surface area (Å²) in [6.45, 7) is 10.3. The molecule has 0 unspecified atom stereocenters. The maximum Gasteiger partial charge on any atom is 0.129 e. The third-order valence-corrected chi connectivity index (χ3v) is 3.31. The van der Waals surface area contributed by atoms with Gasteiger partial charge >= 0.3 is 0 Å². The zero-order chi connectivity index (χ0) is 14.4. The van der Waals surface area contributed by atoms with E-state index >= 15 is 0 Å². The second kappa shape index (κ2) is 7.46. The monoisotopic (exact) mass is 280 g/mol. The number of nitrogens with two attached hydrogens (primary N) is 1. The van der Waals surface area contributed by atoms with Gasteiger partial charge in [-0.1, -0.05) is 24.4 Å². The number of thiocarbonyl (C=S) groups is 1. The summed E-state index contributed by atoms with van der Waals surface area (Å²) in [7, 11) is 0. The highest BCUT2D eigenvalue weighted by atomic mass is 32.1. The molecule has 0 aliphatic rings. The van der Waals surface area contributed by atoms with Crippen molar-refractivity contribution in [3.63, 3.8) is 0 Å². The van der Waals surface area contributed by atoms with Crippen LogP contribution in [0.1, 0.15) is 33.3 Å². The molecule has 0 atom stereocenters. The molecule has 0 radical (unpaired) electrons. The number of benzene rings is 1. The first-order chi connectivity index (χ1) is 8.93. The Morgan fingerprint density at radius 2 is 1.79 bits per heavy atom. The van der Waals surface area contributed by atoms with Crippen LogP contribution in [0.25, 0.3) is 0 Å². The molecule has 0 bridgehead atoms. The van der Waals surface area contributed by atoms with Gasteiger partial charge in [-0.15, -0.1) is 0 Å². The fourth-order valence-electron chi connectivity index (χ4n) is 2.17. The predicted molar refractivity (Wildman–Crippen MR) is 84.8 cm³/mol. The molecule has 0 saturated carbocycles. The molecule has 0 aromatic heterocycles. The predicted octanol–water partition coefficient (Wildman–Crippen LogP) is 2.82. The Labute approximate surface area is 121 Å². The van der Waals surface area contributed by atoms with Crippen molar-refractivity contribution in [3.05, 3.63) is 29.8 Å². The molecular formula is C15H24N2OS. The van der Waals surface area contributed by atoms with Gasteiger partial charge in [0, 0.05) is 18.6 Å². The molecule has 0 aliphatic heterocycles. The third-order valence-electron chi connectivity index (χ3n) is 3.09. The molecule has 1 aromatic rings. The van der Waals surface area contributed by atoms with Crippen LogP contribution in [0.3, 0.4) is 0 Å². The van der Waals surface area contributed by atoms with Crippen LogP contribution in [0.5, 0.6) is 5.75 Å². The molecule has 4 heteroatoms. The Balaban J connectivity index is 2.60. The van der Waals surface area contributed by atoms with Crippen LogP contribution < -0.4 is 10.5 Å². The van der Waals surface area contributed by atoms with Gasteiger partial charge in [-0.3, -0.25) is 4.90 Å². The largest absolute Gasteiger partial charge is 0.492 e. The lowest BCUT2D eigenvalue weighted by Crippen LogP contribution is -2.39. The molecule has 0 amide bonds. The van der Waals surface area contributed by atoms with Crippen LogP contribution in [-0.2, 0) is 0 Å². The lowest BCUT2D eigenvalue weighted by atomic mass is 10.2. The fourth-order valence-corrected chi connectivity index (χ4v) is 2.34. The van der Waals surface area contributed by atoms with Crippen molar-refractivity contribution in [2.75, 3.05) is 13.2 Å². The highest BCUT2D eigenvalue weighted by molar-refractivity contribution is 7.80. The standard InChI is InChI=1S/C15H24N2OS/c1-11(2)17(12(3)4)9-10-18-14-8-6-5-7-13(14)15(16)19/h5-8,11-12H,9-10H2,1-4H3,(H2,16,19). The molecule has 0 heterocycles. The molecule has 0 saturated heterocycles. The summed E-state index contributed by atoms with van der Waals surface area (Å²) in [5.74, 6) is 0.766. The Kier molecular flexibility index (Phi) is 6.25. The second-order valence-corrected chi connectivity index (χ2v) is 5.57. The van der Waals surface area contributed by atoms with Gasteiger partial charge in [0.2, 0.25) is 0 Å². The fraction of sp³-hybridized carbons (Fsp3) is 0.533. The van der Waals surface area contributed by atoms with Crippen LogP contribution in [-0.4, -0.2) is 35.1 Å². The number of nitrogens with zero attached hydrogens (tertiary/aromatic N) is 1. The van der Waals surface area contributed by atoms with E-state index in [1.54, 1.807) is 0 Å². The minimum Gasteiger partial charge on any atom is -0.492 e. The summed E-state index contributed by atoms with van der Waals surface area (Å²) in [5, 5.41) is 0. The van der Waals surface area contributed by atoms with Crippen molar-refractivity contribution < 1.29 is 4.74 Å². The summed E-state index contributed by atoms with van der Waals surface area (Å²) in [6.07, 6.45) is 0. The SMILES string of the molecule is CC(C)N(CCOc1ccccc1C(N)=S)C(C)C. The molecule has 0 fully saturated rings. The summed E-state index contributed by atoms with van der Waals surface area (Å²) >= 11 is 5.02. The lowest BCUT2D eigenvalue weighted by Gasteiger charge is -2.30. The number of ether oxygens (including phenoxy) is 1. The van der Waals surface area contributed by atoms with Crippen molar-refractivity contribution in [3.8, 4) is 5.75 Å². The molecule has 0 aliphatic carbocycles. The highest BCUT2D eigenvalue weighted by Crippen LogP contribution is 2.17. The van der Waals surface area contributed by atoms with Crippen LogP contribution >= 0.6 is 12.2 Å². The van der Waals surface area contributed by atoms with Crippen LogP contribution in [0.2, 0.25) is 0 Å². The van der Waals surface area contributed by atoms with E-state index in [1.165, 1.54) is 0 Å². The number of hydrogen-bond acceptors (Lipinski definition) is 3. The zero-order valence-electron chi connectivity index (χ0n) is 12.2. The van der Waals surface area contributed by atoms with E-state index in [0.29, 0.717) is 23.7 Å². The van der Waals surface area contributed by atoms with Crippen LogP contribution in [0.4, 0.5) is 0 Å². The molecule has 0 spiro atoms. The van der Waals surface area contributed by atoms with Gasteiger partial charge in [-0.2, -0.15) is 0 Å². The van der Waals surface area contributed by atoms with E-state index < -0.39 is 0 Å². The Morgan fingerprint density at radius 1 is 1.21 bits per heavy atom. The molecular weight excluding hydrogens is 256 g/mol. The summed E-state index contributed by atoms with van der Waals surface area (Å²) in [6, 6.07) is 8.66. The van der Waals surface area contributed by atoms with Crippen molar-refractivity contribution in [2.24, 2.45) is 5.73 Å². The first kappa shape index (κ1) is 15.9. The number of hydrogen-bond donors (Lipinski definition) is 1. The first-order valence-electron chi connectivity index (χ1n) is 6.70. The second-order valence-electron chi connectivity index (χ2n) is 5.13. The summed E-state index contributed by atoms with van der Waals surface area (Å²) in [5.41, 5.74) is 6.49. The lowest BCUT2D eigenvalue weighted by molar-refractivity contribution is 0.142. The molecule has 1 rings (SSSR count). The van der Waals surface area contributed by atoms with Crippen LogP contribution in [0.15, 0.2) is 24.3 Å². The highest BCUT2D eigenvalue weighted by Gasteiger charge is 2.13. The minimum absolute atomic E-state index is 0.375. The Bertz CT molecular complexity index is 410. The first-order valence-corrected chi connectivity index (χ1v) is 7.11. The van der Waals surface area contributed by atoms with Gasteiger partial charge in [-0.25, -0.2) is 0 Å². The average Bonchev–Trinajstić information content (AvgIpc) is 2.33. The van der Waals surface area contributed by atoms with Crippen molar-refractivity contribution in [1.29, 1.82) is 0 Å². The Hall–Kier alpha value is -1.13. The van der Waals surface area contributed by atoms with Gasteiger partial charge < -0.3 is 10.5 Å². The average molecular weight is 280 g/mol. The number of rotatable bonds is 7. The maximum absolute atomic E-state index is 5.82. The normalized spacial score (nSPS) is 11.3. The molecule has 1 aromatic carbocycles. The summed E-state index contributed by atoms with van der Waals surface area (Å²) in [4.78, 5) is 2.77. The van der Waals surface area contributed by atoms with Gasteiger partial charge in [-0.05, 0) is 39.8 Å². The van der Waals surface area contributed by atoms with E-state index in [1.807, 2.05) is 24.3 Å². The van der Waals surface area contributed by atoms with Gasteiger partial charge in [0.05, 0.1) is 5.56 Å². The summed E-state index contributed by atoms with van der Waals surface area (Å²) < 4.78 is 5.82. The van der Waals surface area contributed by atoms with E-state index in [2.05, 4.69) is 32.6 Å². The van der Waals surface area contributed by atoms with E-state index in [-0.39, 0.29) is 0 Å². The topological polar surface area (TPSA) is 38.5 Å². The third kappa shape index (κ3) is 4.80. The smallest absolute Gasteiger partial charge is 0.129 e. The molecule has 106 valence electrons. The van der Waals surface area contributed by atoms with Gasteiger partial charge in [0.1, 0.15) is 17.3 Å².